The quantitative estimate of drug-likeness (QED) is 0.900. The molecule has 2 aromatic heterocycles. The number of aromatic nitrogens is 3. The van der Waals surface area contributed by atoms with E-state index in [0.717, 1.165) is 17.8 Å². The summed E-state index contributed by atoms with van der Waals surface area (Å²) in [6, 6.07) is 6.22. The standard InChI is InChI=1S/C16H22N4/c1-11(2)8-15(14-6-5-7-17-10-14)20-16-18-12(3)9-13(4)19-16/h5-7,9-11,15H,8H2,1-4H3,(H,18,19,20)/t15-/m0/s1. The first kappa shape index (κ1) is 14.4. The molecule has 20 heavy (non-hydrogen) atoms. The lowest BCUT2D eigenvalue weighted by molar-refractivity contribution is 0.527. The average Bonchev–Trinajstić information content (AvgIpc) is 2.37. The number of pyridine rings is 1. The molecule has 0 saturated carbocycles. The van der Waals surface area contributed by atoms with Crippen molar-refractivity contribution in [3.05, 3.63) is 47.5 Å². The van der Waals surface area contributed by atoms with Crippen LogP contribution in [0.3, 0.4) is 0 Å². The SMILES string of the molecule is Cc1cc(C)nc(N[C@@H](CC(C)C)c2cccnc2)n1. The fraction of sp³-hybridized carbons (Fsp3) is 0.438. The number of anilines is 1. The zero-order valence-corrected chi connectivity index (χ0v) is 12.6. The summed E-state index contributed by atoms with van der Waals surface area (Å²) < 4.78 is 0. The van der Waals surface area contributed by atoms with E-state index in [-0.39, 0.29) is 6.04 Å². The van der Waals surface area contributed by atoms with Crippen LogP contribution in [0.25, 0.3) is 0 Å². The number of hydrogen-bond donors (Lipinski definition) is 1. The molecule has 4 nitrogen and oxygen atoms in total. The first-order valence-corrected chi connectivity index (χ1v) is 7.03. The molecule has 0 aliphatic carbocycles. The van der Waals surface area contributed by atoms with Crippen LogP contribution in [0.4, 0.5) is 5.95 Å². The number of hydrogen-bond acceptors (Lipinski definition) is 4. The van der Waals surface area contributed by atoms with E-state index in [1.165, 1.54) is 5.56 Å². The molecule has 2 rings (SSSR count). The Morgan fingerprint density at radius 2 is 1.85 bits per heavy atom. The van der Waals surface area contributed by atoms with Crippen LogP contribution in [-0.4, -0.2) is 15.0 Å². The molecule has 0 bridgehead atoms. The molecule has 0 fully saturated rings. The van der Waals surface area contributed by atoms with Gasteiger partial charge in [-0.15, -0.1) is 0 Å². The molecule has 1 N–H and O–H groups in total. The zero-order valence-electron chi connectivity index (χ0n) is 12.6. The maximum Gasteiger partial charge on any atom is 0.223 e. The van der Waals surface area contributed by atoms with Crippen molar-refractivity contribution in [1.29, 1.82) is 0 Å². The lowest BCUT2D eigenvalue weighted by Gasteiger charge is -2.21. The third kappa shape index (κ3) is 4.02. The Hall–Kier alpha value is -1.97. The van der Waals surface area contributed by atoms with E-state index in [1.807, 2.05) is 32.2 Å². The molecule has 4 heteroatoms. The molecule has 0 amide bonds. The van der Waals surface area contributed by atoms with Gasteiger partial charge >= 0.3 is 0 Å². The normalized spacial score (nSPS) is 12.4. The monoisotopic (exact) mass is 270 g/mol. The Kier molecular flexibility index (Phi) is 4.66. The van der Waals surface area contributed by atoms with Gasteiger partial charge in [-0.25, -0.2) is 9.97 Å². The highest BCUT2D eigenvalue weighted by atomic mass is 15.1. The minimum atomic E-state index is 0.185. The summed E-state index contributed by atoms with van der Waals surface area (Å²) in [5.74, 6) is 1.27. The maximum absolute atomic E-state index is 4.46. The average molecular weight is 270 g/mol. The van der Waals surface area contributed by atoms with Gasteiger partial charge in [-0.3, -0.25) is 4.98 Å². The summed E-state index contributed by atoms with van der Waals surface area (Å²) in [4.78, 5) is 13.1. The van der Waals surface area contributed by atoms with Crippen molar-refractivity contribution in [2.45, 2.75) is 40.2 Å². The third-order valence-corrected chi connectivity index (χ3v) is 3.08. The Labute approximate surface area is 120 Å². The lowest BCUT2D eigenvalue weighted by atomic mass is 9.98. The van der Waals surface area contributed by atoms with Gasteiger partial charge in [-0.05, 0) is 43.9 Å². The molecule has 0 unspecified atom stereocenters. The van der Waals surface area contributed by atoms with E-state index in [4.69, 9.17) is 0 Å². The third-order valence-electron chi connectivity index (χ3n) is 3.08. The second-order valence-electron chi connectivity index (χ2n) is 5.59. The molecule has 0 radical (unpaired) electrons. The Balaban J connectivity index is 2.23. The van der Waals surface area contributed by atoms with Gasteiger partial charge in [0.2, 0.25) is 5.95 Å². The van der Waals surface area contributed by atoms with E-state index in [1.54, 1.807) is 6.20 Å². The Morgan fingerprint density at radius 1 is 1.15 bits per heavy atom. The first-order chi connectivity index (χ1) is 9.54. The van der Waals surface area contributed by atoms with Crippen molar-refractivity contribution in [2.75, 3.05) is 5.32 Å². The number of nitrogens with one attached hydrogen (secondary N) is 1. The molecule has 0 spiro atoms. The molecule has 0 aliphatic heterocycles. The zero-order chi connectivity index (χ0) is 14.5. The van der Waals surface area contributed by atoms with Gasteiger partial charge in [0.1, 0.15) is 0 Å². The van der Waals surface area contributed by atoms with Crippen LogP contribution < -0.4 is 5.32 Å². The smallest absolute Gasteiger partial charge is 0.223 e. The first-order valence-electron chi connectivity index (χ1n) is 7.03. The molecule has 0 saturated heterocycles. The van der Waals surface area contributed by atoms with Crippen LogP contribution in [-0.2, 0) is 0 Å². The van der Waals surface area contributed by atoms with Gasteiger partial charge in [-0.1, -0.05) is 19.9 Å². The number of rotatable bonds is 5. The van der Waals surface area contributed by atoms with Crippen LogP contribution in [0.1, 0.15) is 43.3 Å². The molecule has 2 heterocycles. The molecule has 1 atom stereocenters. The van der Waals surface area contributed by atoms with Gasteiger partial charge in [-0.2, -0.15) is 0 Å². The van der Waals surface area contributed by atoms with Gasteiger partial charge < -0.3 is 5.32 Å². The fourth-order valence-electron chi connectivity index (χ4n) is 2.28. The summed E-state index contributed by atoms with van der Waals surface area (Å²) in [6.07, 6.45) is 4.72. The molecule has 0 aromatic carbocycles. The van der Waals surface area contributed by atoms with Crippen molar-refractivity contribution in [2.24, 2.45) is 5.92 Å². The predicted molar refractivity (Wildman–Crippen MR) is 81.6 cm³/mol. The van der Waals surface area contributed by atoms with Crippen LogP contribution >= 0.6 is 0 Å². The summed E-state index contributed by atoms with van der Waals surface area (Å²) in [7, 11) is 0. The molecular weight excluding hydrogens is 248 g/mol. The summed E-state index contributed by atoms with van der Waals surface area (Å²) in [5.41, 5.74) is 3.13. The van der Waals surface area contributed by atoms with Crippen LogP contribution in [0.15, 0.2) is 30.6 Å². The highest BCUT2D eigenvalue weighted by Gasteiger charge is 2.15. The fourth-order valence-corrected chi connectivity index (χ4v) is 2.28. The summed E-state index contributed by atoms with van der Waals surface area (Å²) in [5, 5.41) is 3.45. The van der Waals surface area contributed by atoms with Crippen molar-refractivity contribution in [1.82, 2.24) is 15.0 Å². The minimum Gasteiger partial charge on any atom is -0.347 e. The molecule has 2 aromatic rings. The van der Waals surface area contributed by atoms with Crippen LogP contribution in [0.2, 0.25) is 0 Å². The van der Waals surface area contributed by atoms with Crippen LogP contribution in [0, 0.1) is 19.8 Å². The van der Waals surface area contributed by atoms with E-state index >= 15 is 0 Å². The summed E-state index contributed by atoms with van der Waals surface area (Å²) in [6.45, 7) is 8.41. The number of aryl methyl sites for hydroxylation is 2. The highest BCUT2D eigenvalue weighted by molar-refractivity contribution is 5.32. The van der Waals surface area contributed by atoms with Crippen molar-refractivity contribution < 1.29 is 0 Å². The second-order valence-corrected chi connectivity index (χ2v) is 5.59. The summed E-state index contributed by atoms with van der Waals surface area (Å²) >= 11 is 0. The minimum absolute atomic E-state index is 0.185. The predicted octanol–water partition coefficient (Wildman–Crippen LogP) is 3.69. The molecular formula is C16H22N4. The van der Waals surface area contributed by atoms with E-state index in [2.05, 4.69) is 40.2 Å². The van der Waals surface area contributed by atoms with E-state index in [9.17, 15) is 0 Å². The Bertz CT molecular complexity index is 531. The van der Waals surface area contributed by atoms with Gasteiger partial charge in [0.25, 0.3) is 0 Å². The van der Waals surface area contributed by atoms with Crippen molar-refractivity contribution >= 4 is 5.95 Å². The van der Waals surface area contributed by atoms with Crippen LogP contribution in [0.5, 0.6) is 0 Å². The molecule has 106 valence electrons. The van der Waals surface area contributed by atoms with E-state index in [0.29, 0.717) is 11.9 Å². The highest BCUT2D eigenvalue weighted by Crippen LogP contribution is 2.24. The van der Waals surface area contributed by atoms with Crippen molar-refractivity contribution in [3.8, 4) is 0 Å². The number of nitrogens with zero attached hydrogens (tertiary/aromatic N) is 3. The van der Waals surface area contributed by atoms with Crippen molar-refractivity contribution in [3.63, 3.8) is 0 Å². The Morgan fingerprint density at radius 3 is 2.40 bits per heavy atom. The second kappa shape index (κ2) is 6.46. The van der Waals surface area contributed by atoms with E-state index < -0.39 is 0 Å². The van der Waals surface area contributed by atoms with Gasteiger partial charge in [0.05, 0.1) is 6.04 Å². The van der Waals surface area contributed by atoms with Gasteiger partial charge in [0.15, 0.2) is 0 Å². The van der Waals surface area contributed by atoms with Gasteiger partial charge in [0, 0.05) is 23.8 Å². The molecule has 0 aliphatic rings. The lowest BCUT2D eigenvalue weighted by Crippen LogP contribution is -2.16. The maximum atomic E-state index is 4.46. The largest absolute Gasteiger partial charge is 0.347 e. The topological polar surface area (TPSA) is 50.7 Å².